The molecule has 1 heterocycles. The number of methoxy groups -OCH3 is 1. The first-order valence-corrected chi connectivity index (χ1v) is 9.46. The first-order valence-electron chi connectivity index (χ1n) is 9.46. The summed E-state index contributed by atoms with van der Waals surface area (Å²) in [5.41, 5.74) is -0.229. The second-order valence-electron chi connectivity index (χ2n) is 8.22. The fraction of sp³-hybridized carbons (Fsp3) is 0.667. The van der Waals surface area contributed by atoms with Crippen LogP contribution in [0.3, 0.4) is 0 Å². The summed E-state index contributed by atoms with van der Waals surface area (Å²) >= 11 is 0. The largest absolute Gasteiger partial charge is 0.458 e. The number of ketones is 1. The molecule has 0 N–H and O–H groups in total. The third kappa shape index (κ3) is 2.85. The molecule has 6 heteroatoms. The number of allylic oxidation sites excluding steroid dienone is 1. The van der Waals surface area contributed by atoms with E-state index in [2.05, 4.69) is 6.58 Å². The molecule has 3 aliphatic rings. The topological polar surface area (TPSA) is 78.9 Å². The van der Waals surface area contributed by atoms with E-state index in [0.29, 0.717) is 12.0 Å². The summed E-state index contributed by atoms with van der Waals surface area (Å²) < 4.78 is 17.1. The first-order chi connectivity index (χ1) is 12.7. The molecule has 3 fully saturated rings. The van der Waals surface area contributed by atoms with Crippen molar-refractivity contribution in [2.45, 2.75) is 58.8 Å². The minimum atomic E-state index is -0.958. The number of carbonyl (C=O) groups is 3. The quantitative estimate of drug-likeness (QED) is 0.556. The van der Waals surface area contributed by atoms with Crippen LogP contribution in [0.2, 0.25) is 0 Å². The van der Waals surface area contributed by atoms with Gasteiger partial charge in [0.1, 0.15) is 18.0 Å². The first kappa shape index (κ1) is 19.8. The van der Waals surface area contributed by atoms with Gasteiger partial charge < -0.3 is 14.2 Å². The Morgan fingerprint density at radius 1 is 1.37 bits per heavy atom. The number of Topliss-reactive ketones (excluding diaryl/α,β-unsaturated/α-hetero) is 1. The smallest absolute Gasteiger partial charge is 0.334 e. The van der Waals surface area contributed by atoms with Gasteiger partial charge in [0.25, 0.3) is 0 Å². The molecule has 148 valence electrons. The van der Waals surface area contributed by atoms with Gasteiger partial charge in [-0.25, -0.2) is 9.59 Å². The zero-order chi connectivity index (χ0) is 20.1. The molecule has 2 aliphatic carbocycles. The average molecular weight is 376 g/mol. The molecule has 1 saturated heterocycles. The molecule has 0 radical (unpaired) electrons. The van der Waals surface area contributed by atoms with Gasteiger partial charge in [-0.1, -0.05) is 19.6 Å². The van der Waals surface area contributed by atoms with Crippen LogP contribution in [-0.4, -0.2) is 43.1 Å². The van der Waals surface area contributed by atoms with Crippen LogP contribution in [0, 0.1) is 23.2 Å². The van der Waals surface area contributed by atoms with Crippen molar-refractivity contribution in [2.24, 2.45) is 23.2 Å². The molecule has 0 amide bonds. The van der Waals surface area contributed by atoms with Gasteiger partial charge in [-0.3, -0.25) is 4.79 Å². The molecule has 0 bridgehead atoms. The lowest BCUT2D eigenvalue weighted by Crippen LogP contribution is -2.50. The van der Waals surface area contributed by atoms with Crippen LogP contribution in [0.4, 0.5) is 0 Å². The Hall–Kier alpha value is -1.95. The molecule has 0 aromatic carbocycles. The molecule has 0 unspecified atom stereocenters. The summed E-state index contributed by atoms with van der Waals surface area (Å²) in [5, 5.41) is 0. The SMILES string of the molecule is C=C1C(=O)O[C@@H]2C[C@@H](C)[C@@H]3[C@@H](OC)CC(=O)[C@@]3(C)[C@@H](OC(=O)/C(C)=C\C)[C@H]12. The number of ether oxygens (including phenoxy) is 3. The fourth-order valence-corrected chi connectivity index (χ4v) is 5.26. The van der Waals surface area contributed by atoms with Crippen LogP contribution in [0.5, 0.6) is 0 Å². The van der Waals surface area contributed by atoms with E-state index >= 15 is 0 Å². The maximum Gasteiger partial charge on any atom is 0.334 e. The Morgan fingerprint density at radius 2 is 2.04 bits per heavy atom. The summed E-state index contributed by atoms with van der Waals surface area (Å²) in [4.78, 5) is 38.0. The normalized spacial score (nSPS) is 41.7. The Morgan fingerprint density at radius 3 is 2.63 bits per heavy atom. The highest BCUT2D eigenvalue weighted by Gasteiger charge is 2.66. The van der Waals surface area contributed by atoms with Crippen molar-refractivity contribution in [3.63, 3.8) is 0 Å². The van der Waals surface area contributed by atoms with E-state index in [1.165, 1.54) is 0 Å². The standard InChI is InChI=1S/C21H28O6/c1-7-10(2)19(23)27-18-16-12(4)20(24)26-13(16)8-11(3)17-14(25-6)9-15(22)21(17,18)5/h7,11,13-14,16-18H,4,8-9H2,1-3,5-6H3/b10-7-/t11-,13-,14+,16-,17-,18+,21-/m1/s1. The van der Waals surface area contributed by atoms with Gasteiger partial charge in [-0.05, 0) is 33.1 Å². The summed E-state index contributed by atoms with van der Waals surface area (Å²) in [6, 6.07) is 0. The number of carbonyl (C=O) groups excluding carboxylic acids is 3. The lowest BCUT2D eigenvalue weighted by atomic mass is 9.67. The monoisotopic (exact) mass is 376 g/mol. The van der Waals surface area contributed by atoms with E-state index in [1.807, 2.05) is 13.8 Å². The van der Waals surface area contributed by atoms with Gasteiger partial charge in [0.15, 0.2) is 0 Å². The van der Waals surface area contributed by atoms with Crippen LogP contribution < -0.4 is 0 Å². The molecule has 27 heavy (non-hydrogen) atoms. The predicted molar refractivity (Wildman–Crippen MR) is 97.6 cm³/mol. The van der Waals surface area contributed by atoms with Crippen molar-refractivity contribution in [2.75, 3.05) is 7.11 Å². The minimum Gasteiger partial charge on any atom is -0.458 e. The third-order valence-electron chi connectivity index (χ3n) is 6.83. The lowest BCUT2D eigenvalue weighted by Gasteiger charge is -2.40. The Bertz CT molecular complexity index is 722. The number of rotatable bonds is 3. The van der Waals surface area contributed by atoms with E-state index < -0.39 is 35.5 Å². The summed E-state index contributed by atoms with van der Waals surface area (Å²) in [5.74, 6) is -1.56. The number of fused-ring (bicyclic) bond motifs is 2. The van der Waals surface area contributed by atoms with E-state index in [0.717, 1.165) is 0 Å². The molecule has 0 aromatic heterocycles. The van der Waals surface area contributed by atoms with Crippen LogP contribution in [-0.2, 0) is 28.6 Å². The maximum absolute atomic E-state index is 13.2. The summed E-state index contributed by atoms with van der Waals surface area (Å²) in [6.45, 7) is 11.2. The summed E-state index contributed by atoms with van der Waals surface area (Å²) in [7, 11) is 1.60. The van der Waals surface area contributed by atoms with Gasteiger partial charge in [-0.15, -0.1) is 0 Å². The molecule has 0 spiro atoms. The number of hydrogen-bond acceptors (Lipinski definition) is 6. The molecule has 0 aromatic rings. The lowest BCUT2D eigenvalue weighted by molar-refractivity contribution is -0.162. The van der Waals surface area contributed by atoms with E-state index in [1.54, 1.807) is 27.0 Å². The highest BCUT2D eigenvalue weighted by Crippen LogP contribution is 2.57. The maximum atomic E-state index is 13.2. The predicted octanol–water partition coefficient (Wildman–Crippen LogP) is 2.61. The van der Waals surface area contributed by atoms with Gasteiger partial charge in [-0.2, -0.15) is 0 Å². The van der Waals surface area contributed by atoms with Gasteiger partial charge >= 0.3 is 11.9 Å². The third-order valence-corrected chi connectivity index (χ3v) is 6.83. The molecule has 3 rings (SSSR count). The number of hydrogen-bond donors (Lipinski definition) is 0. The summed E-state index contributed by atoms with van der Waals surface area (Å²) in [6.07, 6.45) is 1.02. The molecule has 2 saturated carbocycles. The Kier molecular flexibility index (Phi) is 5.06. The van der Waals surface area contributed by atoms with E-state index in [4.69, 9.17) is 14.2 Å². The van der Waals surface area contributed by atoms with Crippen LogP contribution in [0.25, 0.3) is 0 Å². The minimum absolute atomic E-state index is 0.00469. The van der Waals surface area contributed by atoms with Crippen molar-refractivity contribution in [3.05, 3.63) is 23.8 Å². The van der Waals surface area contributed by atoms with E-state index in [-0.39, 0.29) is 35.7 Å². The molecule has 7 atom stereocenters. The van der Waals surface area contributed by atoms with Crippen LogP contribution >= 0.6 is 0 Å². The highest BCUT2D eigenvalue weighted by atomic mass is 16.6. The van der Waals surface area contributed by atoms with Crippen molar-refractivity contribution in [1.29, 1.82) is 0 Å². The van der Waals surface area contributed by atoms with Crippen LogP contribution in [0.15, 0.2) is 23.8 Å². The second kappa shape index (κ2) is 6.89. The zero-order valence-electron chi connectivity index (χ0n) is 16.6. The van der Waals surface area contributed by atoms with E-state index in [9.17, 15) is 14.4 Å². The number of esters is 2. The van der Waals surface area contributed by atoms with Crippen molar-refractivity contribution < 1.29 is 28.6 Å². The fourth-order valence-electron chi connectivity index (χ4n) is 5.26. The highest BCUT2D eigenvalue weighted by molar-refractivity contribution is 5.94. The molecule has 1 aliphatic heterocycles. The average Bonchev–Trinajstić information content (AvgIpc) is 3.02. The molecular weight excluding hydrogens is 348 g/mol. The Balaban J connectivity index is 2.12. The van der Waals surface area contributed by atoms with Crippen molar-refractivity contribution >= 4 is 17.7 Å². The zero-order valence-corrected chi connectivity index (χ0v) is 16.6. The Labute approximate surface area is 159 Å². The second-order valence-corrected chi connectivity index (χ2v) is 8.22. The van der Waals surface area contributed by atoms with Crippen LogP contribution in [0.1, 0.15) is 40.5 Å². The van der Waals surface area contributed by atoms with Crippen molar-refractivity contribution in [1.82, 2.24) is 0 Å². The van der Waals surface area contributed by atoms with Gasteiger partial charge in [0.2, 0.25) is 0 Å². The van der Waals surface area contributed by atoms with Crippen molar-refractivity contribution in [3.8, 4) is 0 Å². The molecule has 6 nitrogen and oxygen atoms in total. The van der Waals surface area contributed by atoms with Gasteiger partial charge in [0, 0.05) is 30.6 Å². The molecular formula is C21H28O6. The van der Waals surface area contributed by atoms with Gasteiger partial charge in [0.05, 0.1) is 17.4 Å².